The Hall–Kier alpha value is -1.79. The largest absolute Gasteiger partial charge is 0.389 e. The molecule has 1 heterocycles. The number of aromatic nitrogens is 1. The normalized spacial score (nSPS) is 14.0. The number of carbonyl (C=O) groups is 1. The number of benzene rings is 1. The van der Waals surface area contributed by atoms with Crippen LogP contribution in [-0.2, 0) is 0 Å². The van der Waals surface area contributed by atoms with E-state index in [9.17, 15) is 4.79 Å². The number of nitrogens with zero attached hydrogens (tertiary/aromatic N) is 1. The maximum atomic E-state index is 12.1. The molecule has 102 valence electrons. The standard InChI is InChI=1S/C14H13N3OS2/c15-12(19)9-3-5-10(6-4-9)13(18)17-14-16-11(7-20-14)8-1-2-8/h3-8H,1-2H2,(H2,15,19)(H,16,17,18). The number of carbonyl (C=O) groups excluding carboxylic acids is 1. The molecule has 2 aromatic rings. The first-order chi connectivity index (χ1) is 9.63. The van der Waals surface area contributed by atoms with Crippen LogP contribution in [0.3, 0.4) is 0 Å². The van der Waals surface area contributed by atoms with E-state index in [4.69, 9.17) is 18.0 Å². The first kappa shape index (κ1) is 13.2. The molecule has 4 nitrogen and oxygen atoms in total. The van der Waals surface area contributed by atoms with E-state index < -0.39 is 0 Å². The Morgan fingerprint density at radius 2 is 1.95 bits per heavy atom. The van der Waals surface area contributed by atoms with Gasteiger partial charge >= 0.3 is 0 Å². The summed E-state index contributed by atoms with van der Waals surface area (Å²) in [6.45, 7) is 0. The Balaban J connectivity index is 1.69. The van der Waals surface area contributed by atoms with E-state index in [1.807, 2.05) is 5.38 Å². The molecule has 1 aliphatic rings. The van der Waals surface area contributed by atoms with Gasteiger partial charge < -0.3 is 5.73 Å². The molecule has 6 heteroatoms. The second-order valence-corrected chi connectivity index (χ2v) is 6.05. The van der Waals surface area contributed by atoms with Crippen LogP contribution in [0.15, 0.2) is 29.6 Å². The fourth-order valence-corrected chi connectivity index (χ4v) is 2.79. The van der Waals surface area contributed by atoms with Crippen LogP contribution in [0.5, 0.6) is 0 Å². The highest BCUT2D eigenvalue weighted by atomic mass is 32.1. The lowest BCUT2D eigenvalue weighted by Gasteiger charge is -2.03. The van der Waals surface area contributed by atoms with Gasteiger partial charge in [0.15, 0.2) is 5.13 Å². The third kappa shape index (κ3) is 2.86. The first-order valence-corrected chi connectivity index (χ1v) is 7.59. The van der Waals surface area contributed by atoms with Crippen LogP contribution < -0.4 is 11.1 Å². The number of amides is 1. The van der Waals surface area contributed by atoms with E-state index in [0.29, 0.717) is 21.6 Å². The van der Waals surface area contributed by atoms with Gasteiger partial charge in [-0.3, -0.25) is 10.1 Å². The number of hydrogen-bond donors (Lipinski definition) is 2. The van der Waals surface area contributed by atoms with E-state index in [0.717, 1.165) is 11.3 Å². The molecule has 0 unspecified atom stereocenters. The molecule has 1 saturated carbocycles. The van der Waals surface area contributed by atoms with Gasteiger partial charge in [0.1, 0.15) is 4.99 Å². The fraction of sp³-hybridized carbons (Fsp3) is 0.214. The molecule has 1 aromatic heterocycles. The average Bonchev–Trinajstić information content (AvgIpc) is 3.20. The van der Waals surface area contributed by atoms with Gasteiger partial charge in [-0.05, 0) is 25.0 Å². The lowest BCUT2D eigenvalue weighted by molar-refractivity contribution is 0.102. The van der Waals surface area contributed by atoms with Gasteiger partial charge in [-0.1, -0.05) is 24.4 Å². The third-order valence-corrected chi connectivity index (χ3v) is 4.18. The summed E-state index contributed by atoms with van der Waals surface area (Å²) in [6.07, 6.45) is 2.41. The first-order valence-electron chi connectivity index (χ1n) is 6.30. The van der Waals surface area contributed by atoms with Crippen molar-refractivity contribution in [2.45, 2.75) is 18.8 Å². The molecule has 1 aromatic carbocycles. The van der Waals surface area contributed by atoms with Crippen molar-refractivity contribution in [3.05, 3.63) is 46.5 Å². The SMILES string of the molecule is NC(=S)c1ccc(C(=O)Nc2nc(C3CC3)cs2)cc1. The fourth-order valence-electron chi connectivity index (χ4n) is 1.87. The minimum atomic E-state index is -0.170. The molecule has 1 fully saturated rings. The average molecular weight is 303 g/mol. The Kier molecular flexibility index (Phi) is 3.50. The van der Waals surface area contributed by atoms with Crippen molar-refractivity contribution >= 4 is 39.6 Å². The molecular formula is C14H13N3OS2. The third-order valence-electron chi connectivity index (χ3n) is 3.17. The molecule has 0 aliphatic heterocycles. The van der Waals surface area contributed by atoms with Gasteiger partial charge in [0.25, 0.3) is 5.91 Å². The zero-order chi connectivity index (χ0) is 14.1. The molecular weight excluding hydrogens is 290 g/mol. The minimum Gasteiger partial charge on any atom is -0.389 e. The van der Waals surface area contributed by atoms with Crippen molar-refractivity contribution in [1.29, 1.82) is 0 Å². The van der Waals surface area contributed by atoms with Crippen molar-refractivity contribution in [3.63, 3.8) is 0 Å². The van der Waals surface area contributed by atoms with E-state index in [1.165, 1.54) is 24.2 Å². The highest BCUT2D eigenvalue weighted by Crippen LogP contribution is 2.40. The van der Waals surface area contributed by atoms with Gasteiger partial charge in [-0.2, -0.15) is 0 Å². The summed E-state index contributed by atoms with van der Waals surface area (Å²) < 4.78 is 0. The quantitative estimate of drug-likeness (QED) is 0.852. The number of nitrogens with one attached hydrogen (secondary N) is 1. The summed E-state index contributed by atoms with van der Waals surface area (Å²) in [5.74, 6) is 0.429. The monoisotopic (exact) mass is 303 g/mol. The summed E-state index contributed by atoms with van der Waals surface area (Å²) >= 11 is 6.34. The van der Waals surface area contributed by atoms with E-state index in [1.54, 1.807) is 24.3 Å². The number of rotatable bonds is 4. The van der Waals surface area contributed by atoms with E-state index in [2.05, 4.69) is 10.3 Å². The summed E-state index contributed by atoms with van der Waals surface area (Å²) in [5.41, 5.74) is 7.93. The van der Waals surface area contributed by atoms with Gasteiger partial charge in [-0.25, -0.2) is 4.98 Å². The summed E-state index contributed by atoms with van der Waals surface area (Å²) in [7, 11) is 0. The molecule has 0 saturated heterocycles. The predicted molar refractivity (Wildman–Crippen MR) is 84.4 cm³/mol. The van der Waals surface area contributed by atoms with Gasteiger partial charge in [0.05, 0.1) is 5.69 Å². The summed E-state index contributed by atoms with van der Waals surface area (Å²) in [6, 6.07) is 6.90. The lowest BCUT2D eigenvalue weighted by atomic mass is 10.1. The van der Waals surface area contributed by atoms with Gasteiger partial charge in [-0.15, -0.1) is 11.3 Å². The predicted octanol–water partition coefficient (Wildman–Crippen LogP) is 2.91. The Morgan fingerprint density at radius 3 is 2.55 bits per heavy atom. The smallest absolute Gasteiger partial charge is 0.257 e. The van der Waals surface area contributed by atoms with Crippen molar-refractivity contribution in [2.24, 2.45) is 5.73 Å². The molecule has 3 rings (SSSR count). The summed E-state index contributed by atoms with van der Waals surface area (Å²) in [4.78, 5) is 16.8. The minimum absolute atomic E-state index is 0.170. The zero-order valence-electron chi connectivity index (χ0n) is 10.6. The second-order valence-electron chi connectivity index (χ2n) is 4.75. The number of nitrogens with two attached hydrogens (primary N) is 1. The Labute approximate surface area is 126 Å². The van der Waals surface area contributed by atoms with E-state index in [-0.39, 0.29) is 5.91 Å². The summed E-state index contributed by atoms with van der Waals surface area (Å²) in [5, 5.41) is 5.48. The molecule has 20 heavy (non-hydrogen) atoms. The lowest BCUT2D eigenvalue weighted by Crippen LogP contribution is -2.13. The maximum Gasteiger partial charge on any atom is 0.257 e. The second kappa shape index (κ2) is 5.30. The van der Waals surface area contributed by atoms with Crippen LogP contribution in [0.25, 0.3) is 0 Å². The van der Waals surface area contributed by atoms with Crippen molar-refractivity contribution < 1.29 is 4.79 Å². The van der Waals surface area contributed by atoms with Crippen molar-refractivity contribution in [2.75, 3.05) is 5.32 Å². The number of thiocarbonyl (C=S) groups is 1. The number of hydrogen-bond acceptors (Lipinski definition) is 4. The number of thiazole rings is 1. The van der Waals surface area contributed by atoms with Gasteiger partial charge in [0.2, 0.25) is 0 Å². The highest BCUT2D eigenvalue weighted by Gasteiger charge is 2.26. The van der Waals surface area contributed by atoms with Gasteiger partial charge in [0, 0.05) is 22.4 Å². The molecule has 1 amide bonds. The Morgan fingerprint density at radius 1 is 1.30 bits per heavy atom. The molecule has 0 bridgehead atoms. The van der Waals surface area contributed by atoms with Crippen LogP contribution in [0.2, 0.25) is 0 Å². The van der Waals surface area contributed by atoms with Crippen LogP contribution in [-0.4, -0.2) is 15.9 Å². The van der Waals surface area contributed by atoms with Crippen LogP contribution in [0.1, 0.15) is 40.4 Å². The topological polar surface area (TPSA) is 68.0 Å². The van der Waals surface area contributed by atoms with Crippen LogP contribution >= 0.6 is 23.6 Å². The molecule has 3 N–H and O–H groups in total. The number of anilines is 1. The van der Waals surface area contributed by atoms with E-state index >= 15 is 0 Å². The van der Waals surface area contributed by atoms with Crippen molar-refractivity contribution in [1.82, 2.24) is 4.98 Å². The molecule has 1 aliphatic carbocycles. The molecule has 0 radical (unpaired) electrons. The highest BCUT2D eigenvalue weighted by molar-refractivity contribution is 7.80. The molecule has 0 atom stereocenters. The van der Waals surface area contributed by atoms with Crippen molar-refractivity contribution in [3.8, 4) is 0 Å². The zero-order valence-corrected chi connectivity index (χ0v) is 12.3. The Bertz CT molecular complexity index is 659. The van der Waals surface area contributed by atoms with Crippen LogP contribution in [0.4, 0.5) is 5.13 Å². The maximum absolute atomic E-state index is 12.1. The molecule has 0 spiro atoms. The van der Waals surface area contributed by atoms with Crippen LogP contribution in [0, 0.1) is 0 Å².